The lowest BCUT2D eigenvalue weighted by atomic mass is 9.98. The van der Waals surface area contributed by atoms with Crippen molar-refractivity contribution in [2.45, 2.75) is 32.9 Å². The summed E-state index contributed by atoms with van der Waals surface area (Å²) in [7, 11) is 0. The molecule has 27 heavy (non-hydrogen) atoms. The highest BCUT2D eigenvalue weighted by molar-refractivity contribution is 5.80. The zero-order valence-corrected chi connectivity index (χ0v) is 15.6. The highest BCUT2D eigenvalue weighted by Crippen LogP contribution is 2.19. The second kappa shape index (κ2) is 9.41. The third-order valence-corrected chi connectivity index (χ3v) is 4.67. The summed E-state index contributed by atoms with van der Waals surface area (Å²) in [5.74, 6) is 1.14. The summed E-state index contributed by atoms with van der Waals surface area (Å²) in [6, 6.07) is 7.43. The van der Waals surface area contributed by atoms with Crippen LogP contribution in [0.4, 0.5) is 0 Å². The molecule has 2 aromatic rings. The minimum atomic E-state index is -0.230. The SMILES string of the molecule is CCOC(=O)C1CCCN(C(=O)CN(Cc2ccco2)Cc2ccco2)C1. The zero-order valence-electron chi connectivity index (χ0n) is 15.6. The predicted molar refractivity (Wildman–Crippen MR) is 97.5 cm³/mol. The average Bonchev–Trinajstić information content (AvgIpc) is 3.36. The van der Waals surface area contributed by atoms with Gasteiger partial charge in [-0.2, -0.15) is 0 Å². The standard InChI is InChI=1S/C20H26N2O5/c1-2-25-20(24)16-6-3-9-22(12-16)19(23)15-21(13-17-7-4-10-26-17)14-18-8-5-11-27-18/h4-5,7-8,10-11,16H,2-3,6,9,12-15H2,1H3. The van der Waals surface area contributed by atoms with Gasteiger partial charge in [-0.3, -0.25) is 14.5 Å². The Morgan fingerprint density at radius 3 is 2.41 bits per heavy atom. The van der Waals surface area contributed by atoms with Gasteiger partial charge in [0.05, 0.1) is 44.7 Å². The number of hydrogen-bond acceptors (Lipinski definition) is 6. The Hall–Kier alpha value is -2.54. The van der Waals surface area contributed by atoms with Gasteiger partial charge in [0.25, 0.3) is 0 Å². The summed E-state index contributed by atoms with van der Waals surface area (Å²) < 4.78 is 16.0. The molecule has 3 heterocycles. The maximum absolute atomic E-state index is 12.9. The third-order valence-electron chi connectivity index (χ3n) is 4.67. The second-order valence-electron chi connectivity index (χ2n) is 6.73. The summed E-state index contributed by atoms with van der Waals surface area (Å²) in [5, 5.41) is 0. The van der Waals surface area contributed by atoms with Gasteiger partial charge in [0.2, 0.25) is 5.91 Å². The quantitative estimate of drug-likeness (QED) is 0.661. The van der Waals surface area contributed by atoms with Crippen molar-refractivity contribution in [2.75, 3.05) is 26.2 Å². The highest BCUT2D eigenvalue weighted by Gasteiger charge is 2.30. The van der Waals surface area contributed by atoms with Crippen molar-refractivity contribution < 1.29 is 23.2 Å². The third kappa shape index (κ3) is 5.47. The molecule has 0 saturated carbocycles. The first-order valence-electron chi connectivity index (χ1n) is 9.37. The number of carbonyl (C=O) groups excluding carboxylic acids is 2. The molecule has 3 rings (SSSR count). The monoisotopic (exact) mass is 374 g/mol. The van der Waals surface area contributed by atoms with E-state index in [-0.39, 0.29) is 24.3 Å². The zero-order chi connectivity index (χ0) is 19.1. The van der Waals surface area contributed by atoms with Crippen LogP contribution in [0.3, 0.4) is 0 Å². The second-order valence-corrected chi connectivity index (χ2v) is 6.73. The number of hydrogen-bond donors (Lipinski definition) is 0. The average molecular weight is 374 g/mol. The fourth-order valence-corrected chi connectivity index (χ4v) is 3.36. The first-order chi connectivity index (χ1) is 13.2. The molecule has 0 N–H and O–H groups in total. The number of likely N-dealkylation sites (tertiary alicyclic amines) is 1. The minimum absolute atomic E-state index is 0.00195. The fourth-order valence-electron chi connectivity index (χ4n) is 3.36. The van der Waals surface area contributed by atoms with E-state index in [1.165, 1.54) is 0 Å². The van der Waals surface area contributed by atoms with Crippen LogP contribution < -0.4 is 0 Å². The van der Waals surface area contributed by atoms with E-state index in [0.29, 0.717) is 32.8 Å². The maximum atomic E-state index is 12.9. The number of nitrogens with zero attached hydrogens (tertiary/aromatic N) is 2. The number of furan rings is 2. The van der Waals surface area contributed by atoms with Crippen LogP contribution >= 0.6 is 0 Å². The van der Waals surface area contributed by atoms with Gasteiger partial charge in [0.15, 0.2) is 0 Å². The molecule has 0 radical (unpaired) electrons. The summed E-state index contributed by atoms with van der Waals surface area (Å²) in [6.45, 7) is 4.51. The van der Waals surface area contributed by atoms with E-state index in [1.807, 2.05) is 29.2 Å². The molecular formula is C20H26N2O5. The minimum Gasteiger partial charge on any atom is -0.468 e. The normalized spacial score (nSPS) is 17.3. The van der Waals surface area contributed by atoms with Crippen LogP contribution in [0.2, 0.25) is 0 Å². The van der Waals surface area contributed by atoms with Crippen LogP contribution in [0, 0.1) is 5.92 Å². The molecule has 1 saturated heterocycles. The van der Waals surface area contributed by atoms with E-state index in [9.17, 15) is 9.59 Å². The summed E-state index contributed by atoms with van der Waals surface area (Å²) in [6.07, 6.45) is 4.82. The summed E-state index contributed by atoms with van der Waals surface area (Å²) >= 11 is 0. The first-order valence-corrected chi connectivity index (χ1v) is 9.37. The van der Waals surface area contributed by atoms with Gasteiger partial charge in [0, 0.05) is 13.1 Å². The largest absolute Gasteiger partial charge is 0.468 e. The van der Waals surface area contributed by atoms with Crippen molar-refractivity contribution >= 4 is 11.9 Å². The number of ether oxygens (including phenoxy) is 1. The van der Waals surface area contributed by atoms with E-state index < -0.39 is 0 Å². The van der Waals surface area contributed by atoms with Crippen LogP contribution in [0.5, 0.6) is 0 Å². The van der Waals surface area contributed by atoms with Gasteiger partial charge < -0.3 is 18.5 Å². The number of esters is 1. The van der Waals surface area contributed by atoms with Crippen molar-refractivity contribution in [2.24, 2.45) is 5.92 Å². The topological polar surface area (TPSA) is 76.1 Å². The molecule has 1 aliphatic rings. The van der Waals surface area contributed by atoms with Crippen molar-refractivity contribution in [1.82, 2.24) is 9.80 Å². The van der Waals surface area contributed by atoms with Crippen LogP contribution in [0.1, 0.15) is 31.3 Å². The summed E-state index contributed by atoms with van der Waals surface area (Å²) in [5.41, 5.74) is 0. The molecule has 1 atom stereocenters. The Labute approximate surface area is 158 Å². The Kier molecular flexibility index (Phi) is 6.70. The molecule has 1 unspecified atom stereocenters. The maximum Gasteiger partial charge on any atom is 0.310 e. The van der Waals surface area contributed by atoms with Gasteiger partial charge in [-0.05, 0) is 44.0 Å². The van der Waals surface area contributed by atoms with Crippen LogP contribution in [0.15, 0.2) is 45.6 Å². The lowest BCUT2D eigenvalue weighted by Crippen LogP contribution is -2.46. The van der Waals surface area contributed by atoms with E-state index in [4.69, 9.17) is 13.6 Å². The van der Waals surface area contributed by atoms with E-state index in [1.54, 1.807) is 24.3 Å². The summed E-state index contributed by atoms with van der Waals surface area (Å²) in [4.78, 5) is 28.6. The van der Waals surface area contributed by atoms with Crippen molar-refractivity contribution in [3.8, 4) is 0 Å². The molecule has 7 heteroatoms. The molecule has 146 valence electrons. The Morgan fingerprint density at radius 1 is 1.19 bits per heavy atom. The smallest absolute Gasteiger partial charge is 0.310 e. The van der Waals surface area contributed by atoms with Gasteiger partial charge in [-0.25, -0.2) is 0 Å². The number of carbonyl (C=O) groups is 2. The molecule has 0 spiro atoms. The molecule has 7 nitrogen and oxygen atoms in total. The van der Waals surface area contributed by atoms with Crippen molar-refractivity contribution in [1.29, 1.82) is 0 Å². The van der Waals surface area contributed by atoms with E-state index in [2.05, 4.69) is 0 Å². The van der Waals surface area contributed by atoms with Crippen molar-refractivity contribution in [3.63, 3.8) is 0 Å². The number of rotatable bonds is 8. The van der Waals surface area contributed by atoms with Crippen LogP contribution in [-0.4, -0.2) is 47.9 Å². The van der Waals surface area contributed by atoms with E-state index in [0.717, 1.165) is 24.4 Å². The Bertz CT molecular complexity index is 675. The Balaban J connectivity index is 1.61. The van der Waals surface area contributed by atoms with Crippen molar-refractivity contribution in [3.05, 3.63) is 48.3 Å². The van der Waals surface area contributed by atoms with Gasteiger partial charge >= 0.3 is 5.97 Å². The highest BCUT2D eigenvalue weighted by atomic mass is 16.5. The van der Waals surface area contributed by atoms with Gasteiger partial charge in [0.1, 0.15) is 11.5 Å². The van der Waals surface area contributed by atoms with E-state index >= 15 is 0 Å². The van der Waals surface area contributed by atoms with Crippen LogP contribution in [0.25, 0.3) is 0 Å². The van der Waals surface area contributed by atoms with Gasteiger partial charge in [-0.15, -0.1) is 0 Å². The lowest BCUT2D eigenvalue weighted by molar-refractivity contribution is -0.151. The molecular weight excluding hydrogens is 348 g/mol. The molecule has 0 aromatic carbocycles. The molecule has 0 aliphatic carbocycles. The molecule has 1 aliphatic heterocycles. The molecule has 2 aromatic heterocycles. The number of piperidine rings is 1. The lowest BCUT2D eigenvalue weighted by Gasteiger charge is -2.33. The molecule has 1 amide bonds. The predicted octanol–water partition coefficient (Wildman–Crippen LogP) is 2.68. The van der Waals surface area contributed by atoms with Crippen LogP contribution in [-0.2, 0) is 27.4 Å². The molecule has 1 fully saturated rings. The van der Waals surface area contributed by atoms with Gasteiger partial charge in [-0.1, -0.05) is 0 Å². The first kappa shape index (κ1) is 19.2. The fraction of sp³-hybridized carbons (Fsp3) is 0.500. The number of amides is 1. The molecule has 0 bridgehead atoms. The Morgan fingerprint density at radius 2 is 1.85 bits per heavy atom.